The molecule has 0 heterocycles. The third-order valence-electron chi connectivity index (χ3n) is 5.91. The Bertz CT molecular complexity index is 1300. The number of hydrogen-bond donors (Lipinski definition) is 1. The highest BCUT2D eigenvalue weighted by Crippen LogP contribution is 2.21. The Balaban J connectivity index is 2.03. The molecule has 0 aliphatic carbocycles. The molecule has 1 atom stereocenters. The van der Waals surface area contributed by atoms with Gasteiger partial charge in [0.1, 0.15) is 18.4 Å². The van der Waals surface area contributed by atoms with E-state index in [-0.39, 0.29) is 24.6 Å². The van der Waals surface area contributed by atoms with Crippen molar-refractivity contribution >= 4 is 27.5 Å². The Morgan fingerprint density at radius 1 is 0.944 bits per heavy atom. The van der Waals surface area contributed by atoms with Crippen molar-refractivity contribution in [2.45, 2.75) is 25.9 Å². The number of nitrogens with one attached hydrogen (secondary N) is 1. The zero-order chi connectivity index (χ0) is 26.3. The number of likely N-dealkylation sites (N-methyl/N-ethyl adjacent to an activating group) is 1. The van der Waals surface area contributed by atoms with Crippen molar-refractivity contribution in [1.29, 1.82) is 0 Å². The van der Waals surface area contributed by atoms with Crippen LogP contribution in [0.2, 0.25) is 0 Å². The largest absolute Gasteiger partial charge is 0.357 e. The highest BCUT2D eigenvalue weighted by molar-refractivity contribution is 7.92. The van der Waals surface area contributed by atoms with Crippen molar-refractivity contribution in [3.8, 4) is 0 Å². The molecule has 0 aliphatic heterocycles. The first-order chi connectivity index (χ1) is 17.1. The minimum Gasteiger partial charge on any atom is -0.357 e. The second-order valence-corrected chi connectivity index (χ2v) is 10.4. The summed E-state index contributed by atoms with van der Waals surface area (Å²) in [6.07, 6.45) is 1.23. The molecule has 0 spiro atoms. The Labute approximate surface area is 211 Å². The standard InChI is InChI=1S/C27H30FN3O4S/c1-20-9-7-8-12-22(20)18-30(25(27(33)29-2)17-21-10-5-4-6-11-21)26(32)19-31(36(3,34)35)24-15-13-23(28)14-16-24/h4-16,25H,17-19H2,1-3H3,(H,29,33). The van der Waals surface area contributed by atoms with Gasteiger partial charge in [-0.2, -0.15) is 0 Å². The van der Waals surface area contributed by atoms with Crippen LogP contribution in [-0.2, 0) is 32.6 Å². The van der Waals surface area contributed by atoms with E-state index in [0.717, 1.165) is 39.4 Å². The van der Waals surface area contributed by atoms with E-state index < -0.39 is 34.3 Å². The van der Waals surface area contributed by atoms with Crippen LogP contribution >= 0.6 is 0 Å². The molecule has 2 amide bonds. The summed E-state index contributed by atoms with van der Waals surface area (Å²) in [4.78, 5) is 28.2. The van der Waals surface area contributed by atoms with E-state index in [9.17, 15) is 22.4 Å². The molecule has 0 radical (unpaired) electrons. The van der Waals surface area contributed by atoms with Crippen molar-refractivity contribution in [1.82, 2.24) is 10.2 Å². The first-order valence-corrected chi connectivity index (χ1v) is 13.3. The molecule has 0 aromatic heterocycles. The van der Waals surface area contributed by atoms with Gasteiger partial charge in [0.05, 0.1) is 11.9 Å². The summed E-state index contributed by atoms with van der Waals surface area (Å²) in [6, 6.07) is 20.8. The number of rotatable bonds is 10. The molecule has 9 heteroatoms. The van der Waals surface area contributed by atoms with Gasteiger partial charge in [0.2, 0.25) is 21.8 Å². The number of halogens is 1. The number of amides is 2. The Morgan fingerprint density at radius 3 is 2.14 bits per heavy atom. The number of sulfonamides is 1. The molecule has 36 heavy (non-hydrogen) atoms. The van der Waals surface area contributed by atoms with Crippen LogP contribution in [0.3, 0.4) is 0 Å². The van der Waals surface area contributed by atoms with Crippen LogP contribution in [-0.4, -0.2) is 51.0 Å². The maximum atomic E-state index is 13.8. The smallest absolute Gasteiger partial charge is 0.244 e. The summed E-state index contributed by atoms with van der Waals surface area (Å²) < 4.78 is 39.6. The Kier molecular flexibility index (Phi) is 8.82. The van der Waals surface area contributed by atoms with Crippen molar-refractivity contribution in [3.63, 3.8) is 0 Å². The topological polar surface area (TPSA) is 86.8 Å². The average molecular weight is 512 g/mol. The monoisotopic (exact) mass is 511 g/mol. The molecule has 0 saturated heterocycles. The van der Waals surface area contributed by atoms with E-state index in [1.54, 1.807) is 0 Å². The minimum absolute atomic E-state index is 0.109. The van der Waals surface area contributed by atoms with Gasteiger partial charge in [-0.3, -0.25) is 13.9 Å². The fourth-order valence-electron chi connectivity index (χ4n) is 3.91. The highest BCUT2D eigenvalue weighted by atomic mass is 32.2. The van der Waals surface area contributed by atoms with Gasteiger partial charge in [0.15, 0.2) is 0 Å². The molecule has 1 unspecified atom stereocenters. The molecule has 7 nitrogen and oxygen atoms in total. The van der Waals surface area contributed by atoms with Gasteiger partial charge in [-0.15, -0.1) is 0 Å². The van der Waals surface area contributed by atoms with Gasteiger partial charge >= 0.3 is 0 Å². The molecule has 3 rings (SSSR count). The number of anilines is 1. The van der Waals surface area contributed by atoms with Crippen molar-refractivity contribution in [2.75, 3.05) is 24.2 Å². The molecule has 0 aliphatic rings. The van der Waals surface area contributed by atoms with E-state index in [2.05, 4.69) is 5.32 Å². The Morgan fingerprint density at radius 2 is 1.56 bits per heavy atom. The van der Waals surface area contributed by atoms with Crippen molar-refractivity contribution < 1.29 is 22.4 Å². The number of nitrogens with zero attached hydrogens (tertiary/aromatic N) is 2. The zero-order valence-corrected chi connectivity index (χ0v) is 21.3. The van der Waals surface area contributed by atoms with Gasteiger partial charge in [-0.25, -0.2) is 12.8 Å². The third kappa shape index (κ3) is 6.91. The first-order valence-electron chi connectivity index (χ1n) is 11.4. The van der Waals surface area contributed by atoms with Crippen molar-refractivity contribution in [3.05, 3.63) is 101 Å². The average Bonchev–Trinajstić information content (AvgIpc) is 2.85. The van der Waals surface area contributed by atoms with E-state index in [0.29, 0.717) is 0 Å². The van der Waals surface area contributed by atoms with Crippen LogP contribution in [0, 0.1) is 12.7 Å². The summed E-state index contributed by atoms with van der Waals surface area (Å²) in [7, 11) is -2.39. The molecule has 190 valence electrons. The molecular weight excluding hydrogens is 481 g/mol. The lowest BCUT2D eigenvalue weighted by Crippen LogP contribution is -2.53. The fraction of sp³-hybridized carbons (Fsp3) is 0.259. The second-order valence-electron chi connectivity index (χ2n) is 8.51. The molecule has 0 bridgehead atoms. The van der Waals surface area contributed by atoms with Gasteiger partial charge in [0, 0.05) is 20.0 Å². The second kappa shape index (κ2) is 11.8. The lowest BCUT2D eigenvalue weighted by Gasteiger charge is -2.33. The predicted octanol–water partition coefficient (Wildman–Crippen LogP) is 3.29. The number of carbonyl (C=O) groups is 2. The van der Waals surface area contributed by atoms with E-state index in [4.69, 9.17) is 0 Å². The predicted molar refractivity (Wildman–Crippen MR) is 138 cm³/mol. The minimum atomic E-state index is -3.89. The van der Waals surface area contributed by atoms with Crippen molar-refractivity contribution in [2.24, 2.45) is 0 Å². The molecule has 3 aromatic rings. The summed E-state index contributed by atoms with van der Waals surface area (Å²) >= 11 is 0. The van der Waals surface area contributed by atoms with Gasteiger partial charge in [-0.1, -0.05) is 54.6 Å². The van der Waals surface area contributed by atoms with Gasteiger partial charge in [0.25, 0.3) is 0 Å². The Hall–Kier alpha value is -3.72. The SMILES string of the molecule is CNC(=O)C(Cc1ccccc1)N(Cc1ccccc1C)C(=O)CN(c1ccc(F)cc1)S(C)(=O)=O. The molecule has 3 aromatic carbocycles. The quantitative estimate of drug-likeness (QED) is 0.453. The van der Waals surface area contributed by atoms with Crippen LogP contribution < -0.4 is 9.62 Å². The lowest BCUT2D eigenvalue weighted by atomic mass is 10.0. The third-order valence-corrected chi connectivity index (χ3v) is 7.05. The number of benzene rings is 3. The van der Waals surface area contributed by atoms with E-state index in [1.807, 2.05) is 61.5 Å². The fourth-order valence-corrected chi connectivity index (χ4v) is 4.76. The summed E-state index contributed by atoms with van der Waals surface area (Å²) in [5.74, 6) is -1.45. The summed E-state index contributed by atoms with van der Waals surface area (Å²) in [5, 5.41) is 2.64. The lowest BCUT2D eigenvalue weighted by molar-refractivity contribution is -0.139. The van der Waals surface area contributed by atoms with Crippen LogP contribution in [0.5, 0.6) is 0 Å². The highest BCUT2D eigenvalue weighted by Gasteiger charge is 2.32. The maximum absolute atomic E-state index is 13.8. The van der Waals surface area contributed by atoms with Crippen LogP contribution in [0.25, 0.3) is 0 Å². The number of aryl methyl sites for hydroxylation is 1. The van der Waals surface area contributed by atoms with Crippen LogP contribution in [0.15, 0.2) is 78.9 Å². The van der Waals surface area contributed by atoms with Gasteiger partial charge in [-0.05, 0) is 47.9 Å². The molecule has 1 N–H and O–H groups in total. The molecular formula is C27H30FN3O4S. The molecule has 0 fully saturated rings. The zero-order valence-electron chi connectivity index (χ0n) is 20.5. The van der Waals surface area contributed by atoms with Crippen LogP contribution in [0.1, 0.15) is 16.7 Å². The number of hydrogen-bond acceptors (Lipinski definition) is 4. The van der Waals surface area contributed by atoms with E-state index in [1.165, 1.54) is 24.1 Å². The number of carbonyl (C=O) groups excluding carboxylic acids is 2. The normalized spacial score (nSPS) is 12.0. The summed E-state index contributed by atoms with van der Waals surface area (Å²) in [5.41, 5.74) is 2.78. The summed E-state index contributed by atoms with van der Waals surface area (Å²) in [6.45, 7) is 1.47. The molecule has 0 saturated carbocycles. The van der Waals surface area contributed by atoms with E-state index >= 15 is 0 Å². The maximum Gasteiger partial charge on any atom is 0.244 e. The van der Waals surface area contributed by atoms with Gasteiger partial charge < -0.3 is 10.2 Å². The van der Waals surface area contributed by atoms with Crippen LogP contribution in [0.4, 0.5) is 10.1 Å². The first kappa shape index (κ1) is 26.9.